The van der Waals surface area contributed by atoms with Crippen molar-refractivity contribution >= 4 is 11.6 Å². The van der Waals surface area contributed by atoms with Gasteiger partial charge >= 0.3 is 0 Å². The fourth-order valence-electron chi connectivity index (χ4n) is 2.99. The van der Waals surface area contributed by atoms with Gasteiger partial charge in [0, 0.05) is 12.2 Å². The van der Waals surface area contributed by atoms with Crippen LogP contribution in [0.2, 0.25) is 0 Å². The van der Waals surface area contributed by atoms with Crippen LogP contribution in [0.15, 0.2) is 12.4 Å². The van der Waals surface area contributed by atoms with Gasteiger partial charge < -0.3 is 11.1 Å². The van der Waals surface area contributed by atoms with E-state index in [1.807, 2.05) is 6.20 Å². The summed E-state index contributed by atoms with van der Waals surface area (Å²) in [5.41, 5.74) is 6.50. The third-order valence-corrected chi connectivity index (χ3v) is 3.64. The van der Waals surface area contributed by atoms with E-state index in [1.165, 1.54) is 6.42 Å². The Labute approximate surface area is 108 Å². The minimum absolute atomic E-state index is 0.132. The number of nitrogens with two attached hydrogens (primary N) is 1. The van der Waals surface area contributed by atoms with Crippen molar-refractivity contribution in [1.29, 1.82) is 0 Å². The zero-order chi connectivity index (χ0) is 13.3. The number of hydrogen-bond donors (Lipinski definition) is 2. The van der Waals surface area contributed by atoms with Crippen LogP contribution >= 0.6 is 0 Å². The Morgan fingerprint density at radius 3 is 2.89 bits per heavy atom. The van der Waals surface area contributed by atoms with Gasteiger partial charge in [-0.15, -0.1) is 0 Å². The number of aromatic nitrogens is 2. The Morgan fingerprint density at radius 2 is 2.33 bits per heavy atom. The van der Waals surface area contributed by atoms with Gasteiger partial charge in [-0.3, -0.25) is 9.48 Å². The fourth-order valence-corrected chi connectivity index (χ4v) is 2.99. The molecule has 1 aromatic heterocycles. The Balaban J connectivity index is 1.97. The highest BCUT2D eigenvalue weighted by Gasteiger charge is 2.36. The molecule has 1 aliphatic carbocycles. The average molecular weight is 250 g/mol. The molecule has 1 amide bonds. The molecule has 5 heteroatoms. The molecule has 2 unspecified atom stereocenters. The first-order valence-electron chi connectivity index (χ1n) is 6.43. The maximum atomic E-state index is 10.8. The third kappa shape index (κ3) is 3.03. The second-order valence-corrected chi connectivity index (χ2v) is 6.19. The highest BCUT2D eigenvalue weighted by Crippen LogP contribution is 2.41. The molecular weight excluding hydrogens is 228 g/mol. The molecule has 1 fully saturated rings. The van der Waals surface area contributed by atoms with Crippen molar-refractivity contribution in [3.63, 3.8) is 0 Å². The zero-order valence-electron chi connectivity index (χ0n) is 11.3. The van der Waals surface area contributed by atoms with Gasteiger partial charge in [0.05, 0.1) is 11.9 Å². The Bertz CT molecular complexity index is 438. The van der Waals surface area contributed by atoms with Gasteiger partial charge in [-0.1, -0.05) is 20.8 Å². The number of rotatable bonds is 4. The molecule has 100 valence electrons. The number of carbonyl (C=O) groups is 1. The average Bonchev–Trinajstić information content (AvgIpc) is 2.71. The van der Waals surface area contributed by atoms with Crippen LogP contribution in [0, 0.1) is 11.3 Å². The first kappa shape index (κ1) is 12.9. The molecule has 0 radical (unpaired) electrons. The van der Waals surface area contributed by atoms with Crippen LogP contribution in [0.1, 0.15) is 33.6 Å². The predicted octanol–water partition coefficient (Wildman–Crippen LogP) is 1.60. The van der Waals surface area contributed by atoms with E-state index >= 15 is 0 Å². The monoisotopic (exact) mass is 250 g/mol. The van der Waals surface area contributed by atoms with Crippen LogP contribution in [-0.4, -0.2) is 21.7 Å². The van der Waals surface area contributed by atoms with Gasteiger partial charge in [-0.25, -0.2) is 0 Å². The summed E-state index contributed by atoms with van der Waals surface area (Å²) in [7, 11) is 0. The van der Waals surface area contributed by atoms with Crippen LogP contribution < -0.4 is 11.1 Å². The van der Waals surface area contributed by atoms with Gasteiger partial charge in [-0.05, 0) is 24.2 Å². The summed E-state index contributed by atoms with van der Waals surface area (Å²) in [5, 5.41) is 7.62. The Kier molecular flexibility index (Phi) is 3.32. The summed E-state index contributed by atoms with van der Waals surface area (Å²) < 4.78 is 1.56. The van der Waals surface area contributed by atoms with Gasteiger partial charge in [0.25, 0.3) is 0 Å². The first-order chi connectivity index (χ1) is 8.35. The van der Waals surface area contributed by atoms with Crippen LogP contribution in [0.5, 0.6) is 0 Å². The van der Waals surface area contributed by atoms with E-state index in [4.69, 9.17) is 5.73 Å². The number of nitrogens with one attached hydrogen (secondary N) is 1. The standard InChI is InChI=1S/C13H22N4O/c1-9-4-13(2,3)5-11(9)16-10-6-15-17(7-10)8-12(14)18/h6-7,9,11,16H,4-5,8H2,1-3H3,(H2,14,18). The Morgan fingerprint density at radius 1 is 1.61 bits per heavy atom. The van der Waals surface area contributed by atoms with E-state index in [1.54, 1.807) is 10.9 Å². The lowest BCUT2D eigenvalue weighted by molar-refractivity contribution is -0.118. The van der Waals surface area contributed by atoms with Gasteiger partial charge in [0.1, 0.15) is 6.54 Å². The molecule has 1 aliphatic rings. The SMILES string of the molecule is CC1CC(C)(C)CC1Nc1cnn(CC(N)=O)c1. The highest BCUT2D eigenvalue weighted by atomic mass is 16.1. The second kappa shape index (κ2) is 4.63. The second-order valence-electron chi connectivity index (χ2n) is 6.19. The minimum Gasteiger partial charge on any atom is -0.379 e. The van der Waals surface area contributed by atoms with Crippen LogP contribution in [0.3, 0.4) is 0 Å². The summed E-state index contributed by atoms with van der Waals surface area (Å²) in [5.74, 6) is 0.277. The van der Waals surface area contributed by atoms with E-state index in [0.717, 1.165) is 12.1 Å². The lowest BCUT2D eigenvalue weighted by Gasteiger charge is -2.18. The lowest BCUT2D eigenvalue weighted by Crippen LogP contribution is -2.22. The van der Waals surface area contributed by atoms with Crippen molar-refractivity contribution in [3.05, 3.63) is 12.4 Å². The highest BCUT2D eigenvalue weighted by molar-refractivity contribution is 5.73. The quantitative estimate of drug-likeness (QED) is 0.852. The molecule has 5 nitrogen and oxygen atoms in total. The first-order valence-corrected chi connectivity index (χ1v) is 6.43. The molecule has 0 aromatic carbocycles. The number of nitrogens with zero attached hydrogens (tertiary/aromatic N) is 2. The summed E-state index contributed by atoms with van der Waals surface area (Å²) in [6.07, 6.45) is 5.99. The number of primary amides is 1. The Hall–Kier alpha value is -1.52. The van der Waals surface area contributed by atoms with Crippen LogP contribution in [0.25, 0.3) is 0 Å². The molecule has 1 aromatic rings. The number of hydrogen-bond acceptors (Lipinski definition) is 3. The molecule has 18 heavy (non-hydrogen) atoms. The summed E-state index contributed by atoms with van der Waals surface area (Å²) in [4.78, 5) is 10.8. The molecule has 2 atom stereocenters. The maximum absolute atomic E-state index is 10.8. The van der Waals surface area contributed by atoms with Crippen molar-refractivity contribution in [2.24, 2.45) is 17.1 Å². The minimum atomic E-state index is -0.375. The van der Waals surface area contributed by atoms with Crippen molar-refractivity contribution < 1.29 is 4.79 Å². The van der Waals surface area contributed by atoms with E-state index in [9.17, 15) is 4.79 Å². The molecule has 0 aliphatic heterocycles. The summed E-state index contributed by atoms with van der Waals surface area (Å²) in [6.45, 7) is 7.02. The van der Waals surface area contributed by atoms with E-state index in [2.05, 4.69) is 31.2 Å². The van der Waals surface area contributed by atoms with Gasteiger partial charge in [-0.2, -0.15) is 5.10 Å². The van der Waals surface area contributed by atoms with Crippen LogP contribution in [0.4, 0.5) is 5.69 Å². The molecule has 3 N–H and O–H groups in total. The molecule has 1 heterocycles. The molecule has 2 rings (SSSR count). The van der Waals surface area contributed by atoms with Gasteiger partial charge in [0.15, 0.2) is 0 Å². The lowest BCUT2D eigenvalue weighted by atomic mass is 9.91. The van der Waals surface area contributed by atoms with Crippen molar-refractivity contribution in [2.45, 2.75) is 46.2 Å². The molecule has 0 spiro atoms. The smallest absolute Gasteiger partial charge is 0.239 e. The largest absolute Gasteiger partial charge is 0.379 e. The van der Waals surface area contributed by atoms with Crippen LogP contribution in [-0.2, 0) is 11.3 Å². The molecule has 0 bridgehead atoms. The normalized spacial score (nSPS) is 26.2. The van der Waals surface area contributed by atoms with Crippen molar-refractivity contribution in [2.75, 3.05) is 5.32 Å². The summed E-state index contributed by atoms with van der Waals surface area (Å²) in [6, 6.07) is 0.478. The van der Waals surface area contributed by atoms with Crippen molar-refractivity contribution in [3.8, 4) is 0 Å². The van der Waals surface area contributed by atoms with Gasteiger partial charge in [0.2, 0.25) is 5.91 Å². The topological polar surface area (TPSA) is 72.9 Å². The van der Waals surface area contributed by atoms with E-state index in [0.29, 0.717) is 17.4 Å². The number of carbonyl (C=O) groups excluding carboxylic acids is 1. The zero-order valence-corrected chi connectivity index (χ0v) is 11.3. The maximum Gasteiger partial charge on any atom is 0.239 e. The van der Waals surface area contributed by atoms with E-state index in [-0.39, 0.29) is 12.5 Å². The van der Waals surface area contributed by atoms with Crippen molar-refractivity contribution in [1.82, 2.24) is 9.78 Å². The number of anilines is 1. The number of amides is 1. The predicted molar refractivity (Wildman–Crippen MR) is 71.0 cm³/mol. The van der Waals surface area contributed by atoms with E-state index < -0.39 is 0 Å². The molecule has 1 saturated carbocycles. The summed E-state index contributed by atoms with van der Waals surface area (Å²) >= 11 is 0. The fraction of sp³-hybridized carbons (Fsp3) is 0.692. The molecular formula is C13H22N4O. The molecule has 0 saturated heterocycles. The third-order valence-electron chi connectivity index (χ3n) is 3.64.